The van der Waals surface area contributed by atoms with Crippen LogP contribution in [-0.2, 0) is 13.0 Å². The molecule has 0 radical (unpaired) electrons. The van der Waals surface area contributed by atoms with E-state index in [0.717, 1.165) is 51.3 Å². The largest absolute Gasteiger partial charge is 0.384 e. The van der Waals surface area contributed by atoms with E-state index >= 15 is 0 Å². The van der Waals surface area contributed by atoms with E-state index in [2.05, 4.69) is 40.5 Å². The van der Waals surface area contributed by atoms with Crippen molar-refractivity contribution >= 4 is 11.6 Å². The second-order valence-corrected chi connectivity index (χ2v) is 6.60. The minimum Gasteiger partial charge on any atom is -0.384 e. The summed E-state index contributed by atoms with van der Waals surface area (Å²) >= 11 is 0. The number of carbonyl (C=O) groups excluding carboxylic acids is 1. The molecule has 0 unspecified atom stereocenters. The van der Waals surface area contributed by atoms with Gasteiger partial charge >= 0.3 is 0 Å². The highest BCUT2D eigenvalue weighted by Gasteiger charge is 2.23. The molecule has 0 aromatic heterocycles. The van der Waals surface area contributed by atoms with Gasteiger partial charge in [0.2, 0.25) is 0 Å². The Kier molecular flexibility index (Phi) is 4.22. The molecule has 1 amide bonds. The van der Waals surface area contributed by atoms with Crippen LogP contribution in [-0.4, -0.2) is 48.4 Å². The monoisotopic (exact) mass is 321 g/mol. The maximum Gasteiger partial charge on any atom is 0.253 e. The van der Waals surface area contributed by atoms with Crippen LogP contribution in [0.3, 0.4) is 0 Å². The zero-order chi connectivity index (χ0) is 16.4. The van der Waals surface area contributed by atoms with Crippen molar-refractivity contribution in [3.05, 3.63) is 65.2 Å². The summed E-state index contributed by atoms with van der Waals surface area (Å²) in [7, 11) is 0. The van der Waals surface area contributed by atoms with Gasteiger partial charge in [0.25, 0.3) is 5.91 Å². The second-order valence-electron chi connectivity index (χ2n) is 6.60. The van der Waals surface area contributed by atoms with Crippen LogP contribution in [0.4, 0.5) is 5.69 Å². The molecule has 0 saturated carbocycles. The lowest BCUT2D eigenvalue weighted by Crippen LogP contribution is -2.48. The first kappa shape index (κ1) is 15.2. The molecule has 1 N–H and O–H groups in total. The molecule has 24 heavy (non-hydrogen) atoms. The van der Waals surface area contributed by atoms with Crippen LogP contribution in [0.15, 0.2) is 48.5 Å². The first-order chi connectivity index (χ1) is 11.8. The summed E-state index contributed by atoms with van der Waals surface area (Å²) in [6.07, 6.45) is 1.02. The van der Waals surface area contributed by atoms with Crippen molar-refractivity contribution in [2.45, 2.75) is 13.0 Å². The third-order valence-corrected chi connectivity index (χ3v) is 4.97. The van der Waals surface area contributed by atoms with E-state index in [1.54, 1.807) is 0 Å². The van der Waals surface area contributed by atoms with E-state index in [-0.39, 0.29) is 5.91 Å². The number of hydrogen-bond donors (Lipinski definition) is 1. The summed E-state index contributed by atoms with van der Waals surface area (Å²) in [6, 6.07) is 16.6. The molecule has 0 bridgehead atoms. The number of benzene rings is 2. The van der Waals surface area contributed by atoms with Crippen molar-refractivity contribution in [1.82, 2.24) is 9.80 Å². The number of amides is 1. The van der Waals surface area contributed by atoms with E-state index in [9.17, 15) is 4.79 Å². The number of nitrogens with zero attached hydrogens (tertiary/aromatic N) is 2. The van der Waals surface area contributed by atoms with E-state index in [0.29, 0.717) is 0 Å². The molecule has 0 spiro atoms. The Labute approximate surface area is 143 Å². The fourth-order valence-electron chi connectivity index (χ4n) is 3.57. The molecule has 0 atom stereocenters. The van der Waals surface area contributed by atoms with Crippen molar-refractivity contribution < 1.29 is 4.79 Å². The van der Waals surface area contributed by atoms with Gasteiger partial charge in [0.15, 0.2) is 0 Å². The summed E-state index contributed by atoms with van der Waals surface area (Å²) in [6.45, 7) is 5.43. The van der Waals surface area contributed by atoms with Gasteiger partial charge in [-0.05, 0) is 35.7 Å². The molecule has 0 aliphatic carbocycles. The van der Waals surface area contributed by atoms with Gasteiger partial charge in [-0.1, -0.05) is 30.3 Å². The maximum absolute atomic E-state index is 12.8. The predicted octanol–water partition coefficient (Wildman–Crippen LogP) is 2.61. The molecule has 1 fully saturated rings. The first-order valence-electron chi connectivity index (χ1n) is 8.72. The zero-order valence-corrected chi connectivity index (χ0v) is 13.9. The van der Waals surface area contributed by atoms with E-state index in [4.69, 9.17) is 0 Å². The highest BCUT2D eigenvalue weighted by Crippen LogP contribution is 2.24. The number of nitrogens with one attached hydrogen (secondary N) is 1. The van der Waals surface area contributed by atoms with Gasteiger partial charge in [-0.15, -0.1) is 0 Å². The smallest absolute Gasteiger partial charge is 0.253 e. The summed E-state index contributed by atoms with van der Waals surface area (Å²) in [5.74, 6) is 0.170. The third kappa shape index (κ3) is 3.15. The standard InChI is InChI=1S/C20H23N3O/c24-20(18-6-7-19-17(14-18)8-9-21-19)23-12-10-22(11-13-23)15-16-4-2-1-3-5-16/h1-7,14,21H,8-13,15H2. The minimum absolute atomic E-state index is 0.170. The molecule has 2 aliphatic rings. The number of anilines is 1. The van der Waals surface area contributed by atoms with Crippen molar-refractivity contribution in [2.75, 3.05) is 38.0 Å². The van der Waals surface area contributed by atoms with Gasteiger partial charge in [-0.25, -0.2) is 0 Å². The summed E-state index contributed by atoms with van der Waals surface area (Å²) < 4.78 is 0. The minimum atomic E-state index is 0.170. The lowest BCUT2D eigenvalue weighted by atomic mass is 10.1. The molecule has 2 aromatic carbocycles. The molecular weight excluding hydrogens is 298 g/mol. The molecule has 4 nitrogen and oxygen atoms in total. The summed E-state index contributed by atoms with van der Waals surface area (Å²) in [5.41, 5.74) is 4.61. The fraction of sp³-hybridized carbons (Fsp3) is 0.350. The van der Waals surface area contributed by atoms with Crippen LogP contribution in [0.25, 0.3) is 0 Å². The van der Waals surface area contributed by atoms with Crippen LogP contribution in [0.5, 0.6) is 0 Å². The van der Waals surface area contributed by atoms with E-state index < -0.39 is 0 Å². The molecular formula is C20H23N3O. The van der Waals surface area contributed by atoms with Gasteiger partial charge in [-0.3, -0.25) is 9.69 Å². The number of hydrogen-bond acceptors (Lipinski definition) is 3. The van der Waals surface area contributed by atoms with E-state index in [1.165, 1.54) is 16.8 Å². The molecule has 4 heteroatoms. The van der Waals surface area contributed by atoms with Crippen LogP contribution in [0, 0.1) is 0 Å². The predicted molar refractivity (Wildman–Crippen MR) is 96.3 cm³/mol. The van der Waals surface area contributed by atoms with Crippen molar-refractivity contribution in [1.29, 1.82) is 0 Å². The molecule has 2 aliphatic heterocycles. The fourth-order valence-corrected chi connectivity index (χ4v) is 3.57. The highest BCUT2D eigenvalue weighted by atomic mass is 16.2. The van der Waals surface area contributed by atoms with Crippen molar-refractivity contribution in [3.63, 3.8) is 0 Å². The van der Waals surface area contributed by atoms with Crippen LogP contribution < -0.4 is 5.32 Å². The topological polar surface area (TPSA) is 35.6 Å². The van der Waals surface area contributed by atoms with Crippen molar-refractivity contribution in [3.8, 4) is 0 Å². The second kappa shape index (κ2) is 6.65. The number of rotatable bonds is 3. The van der Waals surface area contributed by atoms with Gasteiger partial charge in [0.05, 0.1) is 0 Å². The maximum atomic E-state index is 12.8. The molecule has 1 saturated heterocycles. The number of carbonyl (C=O) groups is 1. The Bertz CT molecular complexity index is 721. The summed E-state index contributed by atoms with van der Waals surface area (Å²) in [5, 5.41) is 3.34. The first-order valence-corrected chi connectivity index (χ1v) is 8.72. The van der Waals surface area contributed by atoms with Gasteiger partial charge < -0.3 is 10.2 Å². The normalized spacial score (nSPS) is 17.4. The third-order valence-electron chi connectivity index (χ3n) is 4.97. The Hall–Kier alpha value is -2.33. The summed E-state index contributed by atoms with van der Waals surface area (Å²) in [4.78, 5) is 17.2. The molecule has 2 heterocycles. The SMILES string of the molecule is O=C(c1ccc2c(c1)CCN2)N1CCN(Cc2ccccc2)CC1. The van der Waals surface area contributed by atoms with Crippen LogP contribution in [0.1, 0.15) is 21.5 Å². The van der Waals surface area contributed by atoms with Gasteiger partial charge in [0, 0.05) is 50.5 Å². The Morgan fingerprint density at radius 3 is 2.58 bits per heavy atom. The van der Waals surface area contributed by atoms with Gasteiger partial charge in [0.1, 0.15) is 0 Å². The Morgan fingerprint density at radius 1 is 1.00 bits per heavy atom. The van der Waals surface area contributed by atoms with E-state index in [1.807, 2.05) is 23.1 Å². The lowest BCUT2D eigenvalue weighted by Gasteiger charge is -2.34. The van der Waals surface area contributed by atoms with Crippen LogP contribution in [0.2, 0.25) is 0 Å². The lowest BCUT2D eigenvalue weighted by molar-refractivity contribution is 0.0628. The number of fused-ring (bicyclic) bond motifs is 1. The van der Waals surface area contributed by atoms with Gasteiger partial charge in [-0.2, -0.15) is 0 Å². The quantitative estimate of drug-likeness (QED) is 0.944. The average Bonchev–Trinajstić information content (AvgIpc) is 3.10. The molecule has 4 rings (SSSR count). The Morgan fingerprint density at radius 2 is 1.79 bits per heavy atom. The molecule has 124 valence electrons. The average molecular weight is 321 g/mol. The molecule has 2 aromatic rings. The van der Waals surface area contributed by atoms with Crippen molar-refractivity contribution in [2.24, 2.45) is 0 Å². The number of piperazine rings is 1. The highest BCUT2D eigenvalue weighted by molar-refractivity contribution is 5.95. The zero-order valence-electron chi connectivity index (χ0n) is 13.9. The Balaban J connectivity index is 1.36. The van der Waals surface area contributed by atoms with Crippen LogP contribution >= 0.6 is 0 Å².